The van der Waals surface area contributed by atoms with Gasteiger partial charge in [0.25, 0.3) is 5.91 Å². The fourth-order valence-electron chi connectivity index (χ4n) is 1.90. The first-order valence-electron chi connectivity index (χ1n) is 5.14. The molecule has 2 N–H and O–H groups in total. The molecule has 1 unspecified atom stereocenters. The number of aliphatic carboxylic acids is 1. The van der Waals surface area contributed by atoms with Gasteiger partial charge in [0.2, 0.25) is 5.76 Å². The molecule has 1 aliphatic heterocycles. The number of nitrogens with zero attached hydrogens (tertiary/aromatic N) is 2. The van der Waals surface area contributed by atoms with Crippen molar-refractivity contribution in [3.8, 4) is 0 Å². The van der Waals surface area contributed by atoms with E-state index in [0.717, 1.165) is 4.90 Å². The van der Waals surface area contributed by atoms with Crippen molar-refractivity contribution in [1.29, 1.82) is 0 Å². The number of aryl methyl sites for hydroxylation is 1. The third kappa shape index (κ3) is 2.01. The molecule has 0 saturated carbocycles. The van der Waals surface area contributed by atoms with Crippen LogP contribution in [0.15, 0.2) is 10.7 Å². The molecule has 2 atom stereocenters. The summed E-state index contributed by atoms with van der Waals surface area (Å²) in [5, 5.41) is 21.9. The van der Waals surface area contributed by atoms with Gasteiger partial charge in [-0.05, 0) is 6.92 Å². The fourth-order valence-corrected chi connectivity index (χ4v) is 1.90. The van der Waals surface area contributed by atoms with E-state index in [2.05, 4.69) is 5.16 Å². The highest BCUT2D eigenvalue weighted by molar-refractivity contribution is 5.95. The van der Waals surface area contributed by atoms with Gasteiger partial charge in [0.15, 0.2) is 0 Å². The molecule has 17 heavy (non-hydrogen) atoms. The second-order valence-corrected chi connectivity index (χ2v) is 4.04. The Morgan fingerprint density at radius 1 is 1.59 bits per heavy atom. The largest absolute Gasteiger partial charge is 0.480 e. The Balaban J connectivity index is 2.25. The Bertz CT molecular complexity index is 455. The summed E-state index contributed by atoms with van der Waals surface area (Å²) in [6.45, 7) is 1.64. The van der Waals surface area contributed by atoms with Crippen molar-refractivity contribution in [1.82, 2.24) is 10.1 Å². The van der Waals surface area contributed by atoms with Crippen molar-refractivity contribution in [2.24, 2.45) is 0 Å². The van der Waals surface area contributed by atoms with Crippen LogP contribution in [0, 0.1) is 6.92 Å². The Morgan fingerprint density at radius 2 is 2.29 bits per heavy atom. The number of hydrogen-bond donors (Lipinski definition) is 2. The number of carboxylic acids is 1. The molecular formula is C10H12N2O5. The molecule has 1 saturated heterocycles. The van der Waals surface area contributed by atoms with Gasteiger partial charge in [-0.25, -0.2) is 4.79 Å². The van der Waals surface area contributed by atoms with Crippen LogP contribution in [0.2, 0.25) is 0 Å². The first kappa shape index (κ1) is 11.6. The Hall–Kier alpha value is -1.89. The monoisotopic (exact) mass is 240 g/mol. The van der Waals surface area contributed by atoms with E-state index < -0.39 is 24.0 Å². The van der Waals surface area contributed by atoms with E-state index in [1.807, 2.05) is 0 Å². The van der Waals surface area contributed by atoms with Crippen LogP contribution in [-0.2, 0) is 4.79 Å². The Morgan fingerprint density at radius 3 is 2.82 bits per heavy atom. The van der Waals surface area contributed by atoms with Crippen molar-refractivity contribution < 1.29 is 24.3 Å². The van der Waals surface area contributed by atoms with Crippen LogP contribution >= 0.6 is 0 Å². The number of amides is 1. The summed E-state index contributed by atoms with van der Waals surface area (Å²) in [7, 11) is 0. The van der Waals surface area contributed by atoms with E-state index in [0.29, 0.717) is 5.56 Å². The van der Waals surface area contributed by atoms with Gasteiger partial charge in [0, 0.05) is 18.5 Å². The van der Waals surface area contributed by atoms with Crippen molar-refractivity contribution in [2.45, 2.75) is 25.5 Å². The number of aromatic nitrogens is 1. The number of hydrogen-bond acceptors (Lipinski definition) is 5. The highest BCUT2D eigenvalue weighted by Gasteiger charge is 2.40. The average molecular weight is 240 g/mol. The summed E-state index contributed by atoms with van der Waals surface area (Å²) in [4.78, 5) is 24.1. The zero-order chi connectivity index (χ0) is 12.6. The third-order valence-electron chi connectivity index (χ3n) is 2.77. The van der Waals surface area contributed by atoms with Crippen LogP contribution in [0.5, 0.6) is 0 Å². The lowest BCUT2D eigenvalue weighted by Crippen LogP contribution is -2.40. The quantitative estimate of drug-likeness (QED) is 0.731. The summed E-state index contributed by atoms with van der Waals surface area (Å²) < 4.78 is 4.79. The van der Waals surface area contributed by atoms with Crippen molar-refractivity contribution in [3.05, 3.63) is 17.5 Å². The molecule has 0 radical (unpaired) electrons. The van der Waals surface area contributed by atoms with Gasteiger partial charge in [0.05, 0.1) is 12.3 Å². The Kier molecular flexibility index (Phi) is 2.84. The molecule has 0 spiro atoms. The van der Waals surface area contributed by atoms with Gasteiger partial charge in [-0.15, -0.1) is 0 Å². The summed E-state index contributed by atoms with van der Waals surface area (Å²) >= 11 is 0. The van der Waals surface area contributed by atoms with Gasteiger partial charge in [-0.1, -0.05) is 5.16 Å². The normalized spacial score (nSPS) is 24.0. The van der Waals surface area contributed by atoms with Crippen LogP contribution in [-0.4, -0.2) is 50.8 Å². The fraction of sp³-hybridized carbons (Fsp3) is 0.500. The third-order valence-corrected chi connectivity index (χ3v) is 2.77. The minimum atomic E-state index is -1.13. The second kappa shape index (κ2) is 4.17. The maximum absolute atomic E-state index is 12.0. The molecule has 0 bridgehead atoms. The smallest absolute Gasteiger partial charge is 0.326 e. The maximum atomic E-state index is 12.0. The number of carboxylic acid groups (broad SMARTS) is 1. The first-order chi connectivity index (χ1) is 8.00. The first-order valence-corrected chi connectivity index (χ1v) is 5.14. The summed E-state index contributed by atoms with van der Waals surface area (Å²) in [5.41, 5.74) is 0.542. The van der Waals surface area contributed by atoms with E-state index in [-0.39, 0.29) is 18.7 Å². The SMILES string of the molecule is Cc1cnoc1C(=O)N1CC(O)C[C@H]1C(=O)O. The number of β-amino-alcohol motifs (C(OH)–C–C–N with tert-alkyl or cyclic N) is 1. The van der Waals surface area contributed by atoms with E-state index in [9.17, 15) is 14.7 Å². The molecule has 7 nitrogen and oxygen atoms in total. The van der Waals surface area contributed by atoms with Crippen molar-refractivity contribution in [2.75, 3.05) is 6.54 Å². The van der Waals surface area contributed by atoms with Gasteiger partial charge in [-0.2, -0.15) is 0 Å². The lowest BCUT2D eigenvalue weighted by Gasteiger charge is -2.19. The minimum Gasteiger partial charge on any atom is -0.480 e. The number of carbonyl (C=O) groups excluding carboxylic acids is 1. The van der Waals surface area contributed by atoms with Crippen molar-refractivity contribution >= 4 is 11.9 Å². The number of rotatable bonds is 2. The van der Waals surface area contributed by atoms with Gasteiger partial charge < -0.3 is 19.6 Å². The van der Waals surface area contributed by atoms with Crippen LogP contribution in [0.25, 0.3) is 0 Å². The minimum absolute atomic E-state index is 0.00403. The zero-order valence-corrected chi connectivity index (χ0v) is 9.16. The molecule has 1 aromatic heterocycles. The van der Waals surface area contributed by atoms with Crippen LogP contribution in [0.4, 0.5) is 0 Å². The molecule has 7 heteroatoms. The highest BCUT2D eigenvalue weighted by atomic mass is 16.5. The molecule has 0 aliphatic carbocycles. The van der Waals surface area contributed by atoms with Gasteiger partial charge >= 0.3 is 5.97 Å². The second-order valence-electron chi connectivity index (χ2n) is 4.04. The highest BCUT2D eigenvalue weighted by Crippen LogP contribution is 2.21. The molecule has 1 fully saturated rings. The number of aliphatic hydroxyl groups is 1. The van der Waals surface area contributed by atoms with E-state index in [1.54, 1.807) is 6.92 Å². The Labute approximate surface area is 96.6 Å². The van der Waals surface area contributed by atoms with Gasteiger partial charge in [-0.3, -0.25) is 4.79 Å². The zero-order valence-electron chi connectivity index (χ0n) is 9.16. The van der Waals surface area contributed by atoms with Crippen LogP contribution in [0.3, 0.4) is 0 Å². The number of aliphatic hydroxyl groups excluding tert-OH is 1. The molecule has 0 aromatic carbocycles. The summed E-state index contributed by atoms with van der Waals surface area (Å²) in [6, 6.07) is -1.01. The van der Waals surface area contributed by atoms with E-state index in [4.69, 9.17) is 9.63 Å². The standard InChI is InChI=1S/C10H12N2O5/c1-5-3-11-17-8(5)9(14)12-4-6(13)2-7(12)10(15)16/h3,6-7,13H,2,4H2,1H3,(H,15,16)/t6?,7-/m0/s1. The van der Waals surface area contributed by atoms with Crippen molar-refractivity contribution in [3.63, 3.8) is 0 Å². The maximum Gasteiger partial charge on any atom is 0.326 e. The topological polar surface area (TPSA) is 104 Å². The van der Waals surface area contributed by atoms with Gasteiger partial charge in [0.1, 0.15) is 6.04 Å². The number of likely N-dealkylation sites (tertiary alicyclic amines) is 1. The molecule has 1 amide bonds. The summed E-state index contributed by atoms with van der Waals surface area (Å²) in [5.74, 6) is -1.67. The van der Waals surface area contributed by atoms with E-state index >= 15 is 0 Å². The summed E-state index contributed by atoms with van der Waals surface area (Å²) in [6.07, 6.45) is 0.604. The molecule has 92 valence electrons. The molecule has 2 heterocycles. The molecule has 2 rings (SSSR count). The predicted octanol–water partition coefficient (Wildman–Crippen LogP) is -0.357. The van der Waals surface area contributed by atoms with E-state index in [1.165, 1.54) is 6.20 Å². The average Bonchev–Trinajstić information content (AvgIpc) is 2.83. The lowest BCUT2D eigenvalue weighted by atomic mass is 10.2. The van der Waals surface area contributed by atoms with Crippen LogP contribution in [0.1, 0.15) is 22.5 Å². The molecular weight excluding hydrogens is 228 g/mol. The predicted molar refractivity (Wildman–Crippen MR) is 54.3 cm³/mol. The van der Waals surface area contributed by atoms with Crippen LogP contribution < -0.4 is 0 Å². The number of carbonyl (C=O) groups is 2. The lowest BCUT2D eigenvalue weighted by molar-refractivity contribution is -0.141. The molecule has 1 aromatic rings. The molecule has 1 aliphatic rings.